The SMILES string of the molecule is Ic1ccc(Cn2cncc2-c2c[nH]c3ccccc23)cc1. The molecule has 3 nitrogen and oxygen atoms in total. The number of para-hydroxylation sites is 1. The zero-order valence-electron chi connectivity index (χ0n) is 11.8. The first kappa shape index (κ1) is 13.6. The molecule has 4 rings (SSSR count). The summed E-state index contributed by atoms with van der Waals surface area (Å²) in [6.45, 7) is 0.825. The Hall–Kier alpha value is -2.08. The monoisotopic (exact) mass is 399 g/mol. The molecule has 4 aromatic rings. The lowest BCUT2D eigenvalue weighted by atomic mass is 10.1. The van der Waals surface area contributed by atoms with Gasteiger partial charge >= 0.3 is 0 Å². The van der Waals surface area contributed by atoms with Crippen molar-refractivity contribution in [3.63, 3.8) is 0 Å². The van der Waals surface area contributed by atoms with E-state index in [4.69, 9.17) is 0 Å². The zero-order valence-corrected chi connectivity index (χ0v) is 14.0. The Bertz CT molecular complexity index is 919. The van der Waals surface area contributed by atoms with Crippen LogP contribution in [0.2, 0.25) is 0 Å². The first-order valence-electron chi connectivity index (χ1n) is 7.12. The molecule has 0 unspecified atom stereocenters. The molecule has 2 heterocycles. The van der Waals surface area contributed by atoms with Crippen molar-refractivity contribution in [3.05, 3.63) is 76.4 Å². The number of fused-ring (bicyclic) bond motifs is 1. The van der Waals surface area contributed by atoms with Crippen molar-refractivity contribution in [2.24, 2.45) is 0 Å². The van der Waals surface area contributed by atoms with Gasteiger partial charge in [-0.3, -0.25) is 0 Å². The van der Waals surface area contributed by atoms with E-state index in [1.54, 1.807) is 0 Å². The molecule has 0 aliphatic rings. The summed E-state index contributed by atoms with van der Waals surface area (Å²) < 4.78 is 3.45. The highest BCUT2D eigenvalue weighted by molar-refractivity contribution is 14.1. The Kier molecular flexibility index (Phi) is 3.46. The number of imidazole rings is 1. The number of aromatic nitrogens is 3. The van der Waals surface area contributed by atoms with Crippen LogP contribution in [0.4, 0.5) is 0 Å². The van der Waals surface area contributed by atoms with Crippen LogP contribution in [0.15, 0.2) is 67.3 Å². The van der Waals surface area contributed by atoms with E-state index in [0.717, 1.165) is 17.8 Å². The van der Waals surface area contributed by atoms with E-state index >= 15 is 0 Å². The number of benzene rings is 2. The van der Waals surface area contributed by atoms with Crippen LogP contribution in [-0.4, -0.2) is 14.5 Å². The second kappa shape index (κ2) is 5.61. The van der Waals surface area contributed by atoms with Crippen molar-refractivity contribution in [3.8, 4) is 11.3 Å². The van der Waals surface area contributed by atoms with Crippen LogP contribution in [0.25, 0.3) is 22.2 Å². The number of H-pyrrole nitrogens is 1. The lowest BCUT2D eigenvalue weighted by molar-refractivity contribution is 0.805. The number of nitrogens with zero attached hydrogens (tertiary/aromatic N) is 2. The third-order valence-corrected chi connectivity index (χ3v) is 4.56. The molecular weight excluding hydrogens is 385 g/mol. The van der Waals surface area contributed by atoms with Gasteiger partial charge in [-0.2, -0.15) is 0 Å². The third-order valence-electron chi connectivity index (χ3n) is 3.84. The summed E-state index contributed by atoms with van der Waals surface area (Å²) in [5.74, 6) is 0. The molecule has 0 atom stereocenters. The molecule has 1 N–H and O–H groups in total. The number of hydrogen-bond acceptors (Lipinski definition) is 1. The summed E-state index contributed by atoms with van der Waals surface area (Å²) in [5.41, 5.74) is 4.76. The summed E-state index contributed by atoms with van der Waals surface area (Å²) in [4.78, 5) is 7.68. The smallest absolute Gasteiger partial charge is 0.0954 e. The van der Waals surface area contributed by atoms with Gasteiger partial charge in [0, 0.05) is 32.8 Å². The normalized spacial score (nSPS) is 11.1. The molecule has 22 heavy (non-hydrogen) atoms. The summed E-state index contributed by atoms with van der Waals surface area (Å²) >= 11 is 2.33. The van der Waals surface area contributed by atoms with Crippen LogP contribution >= 0.6 is 22.6 Å². The van der Waals surface area contributed by atoms with Gasteiger partial charge in [-0.05, 0) is 46.4 Å². The Balaban J connectivity index is 1.75. The first-order chi connectivity index (χ1) is 10.8. The maximum Gasteiger partial charge on any atom is 0.0954 e. The minimum absolute atomic E-state index is 0.825. The van der Waals surface area contributed by atoms with Gasteiger partial charge in [-0.15, -0.1) is 0 Å². The Morgan fingerprint density at radius 2 is 1.86 bits per heavy atom. The predicted octanol–water partition coefficient (Wildman–Crippen LogP) is 4.68. The molecule has 0 aliphatic carbocycles. The highest BCUT2D eigenvalue weighted by atomic mass is 127. The van der Waals surface area contributed by atoms with E-state index in [1.807, 2.05) is 18.6 Å². The molecule has 0 bridgehead atoms. The van der Waals surface area contributed by atoms with E-state index in [9.17, 15) is 0 Å². The molecule has 0 fully saturated rings. The molecule has 108 valence electrons. The number of nitrogens with one attached hydrogen (secondary N) is 1. The lowest BCUT2D eigenvalue weighted by Crippen LogP contribution is -2.00. The molecule has 4 heteroatoms. The Labute approximate surface area is 142 Å². The predicted molar refractivity (Wildman–Crippen MR) is 97.8 cm³/mol. The molecular formula is C18H14IN3. The molecule has 0 saturated heterocycles. The van der Waals surface area contributed by atoms with Crippen molar-refractivity contribution in [1.29, 1.82) is 0 Å². The lowest BCUT2D eigenvalue weighted by Gasteiger charge is -2.08. The van der Waals surface area contributed by atoms with Crippen molar-refractivity contribution < 1.29 is 0 Å². The number of rotatable bonds is 3. The summed E-state index contributed by atoms with van der Waals surface area (Å²) in [7, 11) is 0. The van der Waals surface area contributed by atoms with Gasteiger partial charge in [0.05, 0.1) is 18.2 Å². The molecule has 2 aromatic carbocycles. The molecule has 2 aromatic heterocycles. The fourth-order valence-corrected chi connectivity index (χ4v) is 3.10. The second-order valence-corrected chi connectivity index (χ2v) is 6.53. The molecule has 0 spiro atoms. The quantitative estimate of drug-likeness (QED) is 0.499. The average Bonchev–Trinajstić information content (AvgIpc) is 3.16. The molecule has 0 aliphatic heterocycles. The van der Waals surface area contributed by atoms with Crippen molar-refractivity contribution in [2.45, 2.75) is 6.54 Å². The van der Waals surface area contributed by atoms with Crippen LogP contribution in [0.3, 0.4) is 0 Å². The van der Waals surface area contributed by atoms with Gasteiger partial charge in [0.25, 0.3) is 0 Å². The van der Waals surface area contributed by atoms with Gasteiger partial charge in [-0.1, -0.05) is 30.3 Å². The number of aromatic amines is 1. The van der Waals surface area contributed by atoms with Crippen LogP contribution in [-0.2, 0) is 6.54 Å². The van der Waals surface area contributed by atoms with Crippen molar-refractivity contribution in [2.75, 3.05) is 0 Å². The van der Waals surface area contributed by atoms with Gasteiger partial charge in [0.15, 0.2) is 0 Å². The minimum atomic E-state index is 0.825. The molecule has 0 amide bonds. The van der Waals surface area contributed by atoms with E-state index in [2.05, 4.69) is 85.8 Å². The Morgan fingerprint density at radius 1 is 1.05 bits per heavy atom. The number of halogens is 1. The highest BCUT2D eigenvalue weighted by Gasteiger charge is 2.10. The number of hydrogen-bond donors (Lipinski definition) is 1. The van der Waals surface area contributed by atoms with E-state index in [-0.39, 0.29) is 0 Å². The van der Waals surface area contributed by atoms with Gasteiger partial charge in [0.1, 0.15) is 0 Å². The molecule has 0 radical (unpaired) electrons. The highest BCUT2D eigenvalue weighted by Crippen LogP contribution is 2.28. The average molecular weight is 399 g/mol. The first-order valence-corrected chi connectivity index (χ1v) is 8.20. The fraction of sp³-hybridized carbons (Fsp3) is 0.0556. The van der Waals surface area contributed by atoms with Crippen LogP contribution in [0.1, 0.15) is 5.56 Å². The Morgan fingerprint density at radius 3 is 2.73 bits per heavy atom. The zero-order chi connectivity index (χ0) is 14.9. The van der Waals surface area contributed by atoms with Crippen molar-refractivity contribution in [1.82, 2.24) is 14.5 Å². The summed E-state index contributed by atoms with van der Waals surface area (Å²) in [6.07, 6.45) is 5.89. The maximum atomic E-state index is 4.35. The maximum absolute atomic E-state index is 4.35. The largest absolute Gasteiger partial charge is 0.360 e. The van der Waals surface area contributed by atoms with Crippen molar-refractivity contribution >= 4 is 33.5 Å². The fourth-order valence-electron chi connectivity index (χ4n) is 2.74. The van der Waals surface area contributed by atoms with Gasteiger partial charge in [-0.25, -0.2) is 4.98 Å². The third kappa shape index (κ3) is 2.43. The van der Waals surface area contributed by atoms with Crippen LogP contribution < -0.4 is 0 Å². The molecule has 0 saturated carbocycles. The summed E-state index contributed by atoms with van der Waals surface area (Å²) in [6, 6.07) is 17.0. The second-order valence-electron chi connectivity index (χ2n) is 5.28. The van der Waals surface area contributed by atoms with Crippen LogP contribution in [0.5, 0.6) is 0 Å². The summed E-state index contributed by atoms with van der Waals surface area (Å²) in [5, 5.41) is 1.23. The standard InChI is InChI=1S/C18H14IN3/c19-14-7-5-13(6-8-14)11-22-12-20-10-18(22)16-9-21-17-4-2-1-3-15(16)17/h1-10,12,21H,11H2. The topological polar surface area (TPSA) is 33.6 Å². The minimum Gasteiger partial charge on any atom is -0.360 e. The van der Waals surface area contributed by atoms with E-state index in [1.165, 1.54) is 20.1 Å². The van der Waals surface area contributed by atoms with E-state index in [0.29, 0.717) is 0 Å². The van der Waals surface area contributed by atoms with Crippen LogP contribution in [0, 0.1) is 3.57 Å². The van der Waals surface area contributed by atoms with Gasteiger partial charge in [0.2, 0.25) is 0 Å². The van der Waals surface area contributed by atoms with Gasteiger partial charge < -0.3 is 9.55 Å². The van der Waals surface area contributed by atoms with E-state index < -0.39 is 0 Å².